The van der Waals surface area contributed by atoms with Crippen LogP contribution in [0.25, 0.3) is 0 Å². The molecule has 88 valence electrons. The zero-order valence-electron chi connectivity index (χ0n) is 9.01. The van der Waals surface area contributed by atoms with E-state index in [2.05, 4.69) is 27.4 Å². The molecule has 2 unspecified atom stereocenters. The molecule has 1 aliphatic rings. The quantitative estimate of drug-likeness (QED) is 0.599. The summed E-state index contributed by atoms with van der Waals surface area (Å²) in [6, 6.07) is 0.437. The molecule has 16 heavy (non-hydrogen) atoms. The lowest BCUT2D eigenvalue weighted by Gasteiger charge is -2.22. The van der Waals surface area contributed by atoms with Crippen LogP contribution in [0.2, 0.25) is 0 Å². The SMILES string of the molecule is CC1CNC(Nc2ncc([N+](=O)[O-])s2)N1C. The smallest absolute Gasteiger partial charge is 0.333 e. The second kappa shape index (κ2) is 4.32. The van der Waals surface area contributed by atoms with Crippen molar-refractivity contribution in [3.8, 4) is 0 Å². The van der Waals surface area contributed by atoms with Crippen molar-refractivity contribution < 1.29 is 4.92 Å². The van der Waals surface area contributed by atoms with Gasteiger partial charge in [-0.1, -0.05) is 0 Å². The van der Waals surface area contributed by atoms with Gasteiger partial charge in [0.25, 0.3) is 0 Å². The van der Waals surface area contributed by atoms with E-state index in [1.165, 1.54) is 6.20 Å². The van der Waals surface area contributed by atoms with E-state index in [0.29, 0.717) is 11.2 Å². The Morgan fingerprint density at radius 2 is 2.56 bits per heavy atom. The third kappa shape index (κ3) is 2.13. The molecule has 0 saturated carbocycles. The Morgan fingerprint density at radius 1 is 1.81 bits per heavy atom. The Hall–Kier alpha value is -1.25. The first-order valence-corrected chi connectivity index (χ1v) is 5.71. The molecular weight excluding hydrogens is 230 g/mol. The van der Waals surface area contributed by atoms with Gasteiger partial charge in [-0.25, -0.2) is 4.98 Å². The van der Waals surface area contributed by atoms with Crippen LogP contribution < -0.4 is 10.6 Å². The van der Waals surface area contributed by atoms with E-state index in [4.69, 9.17) is 0 Å². The molecule has 0 amide bonds. The monoisotopic (exact) mass is 243 g/mol. The van der Waals surface area contributed by atoms with E-state index >= 15 is 0 Å². The van der Waals surface area contributed by atoms with Crippen molar-refractivity contribution in [1.29, 1.82) is 0 Å². The number of likely N-dealkylation sites (N-methyl/N-ethyl adjacent to an activating group) is 1. The van der Waals surface area contributed by atoms with Gasteiger partial charge in [-0.2, -0.15) is 0 Å². The topological polar surface area (TPSA) is 83.3 Å². The standard InChI is InChI=1S/C8H13N5O2S/c1-5-3-9-7(12(5)2)11-8-10-4-6(16-8)13(14)15/h4-5,7,9H,3H2,1-2H3,(H,10,11). The lowest BCUT2D eigenvalue weighted by molar-refractivity contribution is -0.380. The van der Waals surface area contributed by atoms with Crippen molar-refractivity contribution in [1.82, 2.24) is 15.2 Å². The molecule has 1 aromatic heterocycles. The molecule has 0 aliphatic carbocycles. The summed E-state index contributed by atoms with van der Waals surface area (Å²) in [5.41, 5.74) is 0. The van der Waals surface area contributed by atoms with Crippen LogP contribution in [0.4, 0.5) is 10.1 Å². The van der Waals surface area contributed by atoms with Gasteiger partial charge in [0.2, 0.25) is 0 Å². The summed E-state index contributed by atoms with van der Waals surface area (Å²) in [4.78, 5) is 16.1. The van der Waals surface area contributed by atoms with Crippen LogP contribution in [0.5, 0.6) is 0 Å². The summed E-state index contributed by atoms with van der Waals surface area (Å²) in [7, 11) is 1.99. The van der Waals surface area contributed by atoms with Crippen molar-refractivity contribution >= 4 is 21.5 Å². The Morgan fingerprint density at radius 3 is 3.06 bits per heavy atom. The van der Waals surface area contributed by atoms with Gasteiger partial charge in [-0.05, 0) is 25.3 Å². The lowest BCUT2D eigenvalue weighted by Crippen LogP contribution is -2.41. The van der Waals surface area contributed by atoms with Gasteiger partial charge in [0.1, 0.15) is 12.5 Å². The highest BCUT2D eigenvalue weighted by Crippen LogP contribution is 2.26. The first-order chi connectivity index (χ1) is 7.58. The summed E-state index contributed by atoms with van der Waals surface area (Å²) in [5, 5.41) is 17.5. The third-order valence-corrected chi connectivity index (χ3v) is 3.52. The molecule has 7 nitrogen and oxygen atoms in total. The number of anilines is 1. The number of nitrogens with one attached hydrogen (secondary N) is 2. The van der Waals surface area contributed by atoms with Crippen LogP contribution in [-0.4, -0.2) is 40.7 Å². The van der Waals surface area contributed by atoms with Crippen molar-refractivity contribution in [2.24, 2.45) is 0 Å². The van der Waals surface area contributed by atoms with Gasteiger partial charge in [-0.3, -0.25) is 20.3 Å². The maximum absolute atomic E-state index is 10.5. The van der Waals surface area contributed by atoms with E-state index in [9.17, 15) is 10.1 Å². The highest BCUT2D eigenvalue weighted by Gasteiger charge is 2.27. The van der Waals surface area contributed by atoms with E-state index < -0.39 is 4.92 Å². The summed E-state index contributed by atoms with van der Waals surface area (Å²) in [5.74, 6) is 0. The van der Waals surface area contributed by atoms with E-state index in [1.807, 2.05) is 7.05 Å². The maximum Gasteiger partial charge on any atom is 0.345 e. The molecule has 1 aromatic rings. The molecule has 2 atom stereocenters. The minimum absolute atomic E-state index is 0.0132. The molecule has 0 aromatic carbocycles. The fraction of sp³-hybridized carbons (Fsp3) is 0.625. The molecule has 2 rings (SSSR count). The Kier molecular flexibility index (Phi) is 3.03. The average Bonchev–Trinajstić information content (AvgIpc) is 2.81. The van der Waals surface area contributed by atoms with Crippen molar-refractivity contribution in [3.05, 3.63) is 16.3 Å². The maximum atomic E-state index is 10.5. The normalized spacial score (nSPS) is 25.9. The van der Waals surface area contributed by atoms with Gasteiger partial charge in [0, 0.05) is 12.6 Å². The molecule has 0 radical (unpaired) electrons. The van der Waals surface area contributed by atoms with Gasteiger partial charge in [0.15, 0.2) is 5.13 Å². The van der Waals surface area contributed by atoms with E-state index in [-0.39, 0.29) is 11.3 Å². The number of rotatable bonds is 3. The second-order valence-electron chi connectivity index (χ2n) is 3.73. The molecule has 1 aliphatic heterocycles. The minimum atomic E-state index is -0.433. The summed E-state index contributed by atoms with van der Waals surface area (Å²) >= 11 is 1.04. The number of hydrogen-bond acceptors (Lipinski definition) is 7. The molecular formula is C8H13N5O2S. The van der Waals surface area contributed by atoms with Crippen molar-refractivity contribution in [2.75, 3.05) is 18.9 Å². The van der Waals surface area contributed by atoms with Gasteiger partial charge in [-0.15, -0.1) is 0 Å². The first kappa shape index (κ1) is 11.2. The number of thiazole rings is 1. The number of aromatic nitrogens is 1. The predicted octanol–water partition coefficient (Wildman–Crippen LogP) is 0.670. The Balaban J connectivity index is 2.01. The first-order valence-electron chi connectivity index (χ1n) is 4.90. The predicted molar refractivity (Wildman–Crippen MR) is 61.4 cm³/mol. The minimum Gasteiger partial charge on any atom is -0.333 e. The van der Waals surface area contributed by atoms with E-state index in [1.54, 1.807) is 0 Å². The average molecular weight is 243 g/mol. The number of hydrogen-bond donors (Lipinski definition) is 2. The zero-order valence-corrected chi connectivity index (χ0v) is 9.82. The van der Waals surface area contributed by atoms with Crippen LogP contribution in [0.1, 0.15) is 6.92 Å². The largest absolute Gasteiger partial charge is 0.345 e. The second-order valence-corrected chi connectivity index (χ2v) is 4.74. The van der Waals surface area contributed by atoms with E-state index in [0.717, 1.165) is 17.9 Å². The molecule has 2 N–H and O–H groups in total. The molecule has 2 heterocycles. The molecule has 1 fully saturated rings. The molecule has 1 saturated heterocycles. The fourth-order valence-electron chi connectivity index (χ4n) is 1.51. The van der Waals surface area contributed by atoms with Crippen molar-refractivity contribution in [2.45, 2.75) is 19.3 Å². The number of nitrogens with zero attached hydrogens (tertiary/aromatic N) is 3. The van der Waals surface area contributed by atoms with Crippen LogP contribution in [-0.2, 0) is 0 Å². The summed E-state index contributed by atoms with van der Waals surface area (Å²) < 4.78 is 0. The summed E-state index contributed by atoms with van der Waals surface area (Å²) in [6.07, 6.45) is 1.26. The zero-order chi connectivity index (χ0) is 11.7. The third-order valence-electron chi connectivity index (χ3n) is 2.64. The molecule has 0 spiro atoms. The Bertz CT molecular complexity index is 396. The highest BCUT2D eigenvalue weighted by molar-refractivity contribution is 7.18. The van der Waals surface area contributed by atoms with Gasteiger partial charge in [0.05, 0.1) is 4.92 Å². The van der Waals surface area contributed by atoms with Crippen LogP contribution in [0.3, 0.4) is 0 Å². The fourth-order valence-corrected chi connectivity index (χ4v) is 2.17. The van der Waals surface area contributed by atoms with Crippen molar-refractivity contribution in [3.63, 3.8) is 0 Å². The Labute approximate surface area is 96.6 Å². The molecule has 0 bridgehead atoms. The van der Waals surface area contributed by atoms with Gasteiger partial charge < -0.3 is 5.32 Å². The molecule has 8 heteroatoms. The van der Waals surface area contributed by atoms with Gasteiger partial charge >= 0.3 is 5.00 Å². The van der Waals surface area contributed by atoms with Crippen LogP contribution in [0.15, 0.2) is 6.20 Å². The van der Waals surface area contributed by atoms with Crippen LogP contribution >= 0.6 is 11.3 Å². The number of nitro groups is 1. The van der Waals surface area contributed by atoms with Crippen LogP contribution in [0, 0.1) is 10.1 Å². The summed E-state index contributed by atoms with van der Waals surface area (Å²) in [6.45, 7) is 3.00. The lowest BCUT2D eigenvalue weighted by atomic mass is 10.3. The highest BCUT2D eigenvalue weighted by atomic mass is 32.1.